The molecule has 5 heteroatoms. The molecule has 1 atom stereocenters. The predicted octanol–water partition coefficient (Wildman–Crippen LogP) is 4.24. The van der Waals surface area contributed by atoms with Crippen molar-refractivity contribution in [3.05, 3.63) is 65.3 Å². The lowest BCUT2D eigenvalue weighted by Gasteiger charge is -2.10. The first kappa shape index (κ1) is 15.0. The van der Waals surface area contributed by atoms with Crippen molar-refractivity contribution in [1.82, 2.24) is 4.98 Å². The van der Waals surface area contributed by atoms with Crippen molar-refractivity contribution in [2.45, 2.75) is 11.4 Å². The highest BCUT2D eigenvalue weighted by Gasteiger charge is 2.05. The minimum absolute atomic E-state index is 0.628. The van der Waals surface area contributed by atoms with Gasteiger partial charge in [-0.05, 0) is 48.0 Å². The first-order valence-corrected chi connectivity index (χ1v) is 8.77. The van der Waals surface area contributed by atoms with Crippen molar-refractivity contribution in [3.8, 4) is 0 Å². The van der Waals surface area contributed by atoms with Gasteiger partial charge in [0.1, 0.15) is 0 Å². The Labute approximate surface area is 136 Å². The molecule has 0 spiro atoms. The summed E-state index contributed by atoms with van der Waals surface area (Å²) < 4.78 is 11.4. The summed E-state index contributed by atoms with van der Waals surface area (Å²) in [6.45, 7) is 0.628. The van der Waals surface area contributed by atoms with Gasteiger partial charge in [0.2, 0.25) is 0 Å². The highest BCUT2D eigenvalue weighted by Crippen LogP contribution is 2.23. The van der Waals surface area contributed by atoms with Gasteiger partial charge in [-0.2, -0.15) is 0 Å². The Morgan fingerprint density at radius 1 is 1.18 bits per heavy atom. The zero-order valence-electron chi connectivity index (χ0n) is 12.0. The number of hydrogen-bond acceptors (Lipinski definition) is 3. The third-order valence-electron chi connectivity index (χ3n) is 3.42. The van der Waals surface area contributed by atoms with Crippen LogP contribution >= 0.6 is 11.6 Å². The number of nitrogens with zero attached hydrogens (tertiary/aromatic N) is 1. The van der Waals surface area contributed by atoms with Gasteiger partial charge in [-0.3, -0.25) is 9.19 Å². The monoisotopic (exact) mass is 330 g/mol. The van der Waals surface area contributed by atoms with E-state index in [0.29, 0.717) is 11.6 Å². The molecule has 0 radical (unpaired) electrons. The molecule has 0 aliphatic carbocycles. The maximum Gasteiger partial charge on any atom is 0.0752 e. The second kappa shape index (κ2) is 6.46. The standard InChI is InChI=1S/C17H15ClN2OS/c1-22(21)16-6-4-15(5-7-16)20-11-13-10-14(18)9-12-3-2-8-19-17(12)13/h2-10,20H,11H2,1H3/t22-/m1/s1. The molecule has 1 heterocycles. The Kier molecular flexibility index (Phi) is 4.41. The first-order chi connectivity index (χ1) is 10.6. The van der Waals surface area contributed by atoms with Crippen molar-refractivity contribution in [2.24, 2.45) is 0 Å². The van der Waals surface area contributed by atoms with Crippen molar-refractivity contribution >= 4 is 39.0 Å². The van der Waals surface area contributed by atoms with E-state index in [9.17, 15) is 4.21 Å². The Balaban J connectivity index is 1.83. The summed E-state index contributed by atoms with van der Waals surface area (Å²) in [5, 5.41) is 5.08. The fourth-order valence-corrected chi connectivity index (χ4v) is 3.09. The van der Waals surface area contributed by atoms with E-state index in [1.54, 1.807) is 12.5 Å². The average molecular weight is 331 g/mol. The molecule has 0 amide bonds. The molecule has 3 rings (SSSR count). The Bertz CT molecular complexity index is 834. The van der Waals surface area contributed by atoms with Crippen LogP contribution in [0.25, 0.3) is 10.9 Å². The fraction of sp³-hybridized carbons (Fsp3) is 0.118. The lowest BCUT2D eigenvalue weighted by atomic mass is 10.1. The SMILES string of the molecule is C[S@@](=O)c1ccc(NCc2cc(Cl)cc3cccnc23)cc1. The summed E-state index contributed by atoms with van der Waals surface area (Å²) >= 11 is 6.17. The summed E-state index contributed by atoms with van der Waals surface area (Å²) in [6.07, 6.45) is 3.46. The zero-order valence-corrected chi connectivity index (χ0v) is 13.6. The number of aromatic nitrogens is 1. The van der Waals surface area contributed by atoms with Crippen LogP contribution in [-0.2, 0) is 17.3 Å². The molecular formula is C17H15ClN2OS. The van der Waals surface area contributed by atoms with Crippen molar-refractivity contribution < 1.29 is 4.21 Å². The second-order valence-corrected chi connectivity index (χ2v) is 6.79. The third-order valence-corrected chi connectivity index (χ3v) is 4.57. The smallest absolute Gasteiger partial charge is 0.0752 e. The highest BCUT2D eigenvalue weighted by atomic mass is 35.5. The number of fused-ring (bicyclic) bond motifs is 1. The van der Waals surface area contributed by atoms with Crippen LogP contribution in [0.1, 0.15) is 5.56 Å². The van der Waals surface area contributed by atoms with E-state index >= 15 is 0 Å². The van der Waals surface area contributed by atoms with Gasteiger partial charge in [0.05, 0.1) is 5.52 Å². The number of halogens is 1. The van der Waals surface area contributed by atoms with Gasteiger partial charge in [-0.15, -0.1) is 0 Å². The maximum absolute atomic E-state index is 11.4. The van der Waals surface area contributed by atoms with E-state index in [0.717, 1.165) is 27.0 Å². The summed E-state index contributed by atoms with van der Waals surface area (Å²) in [6, 6.07) is 15.3. The van der Waals surface area contributed by atoms with Crippen LogP contribution in [0.3, 0.4) is 0 Å². The van der Waals surface area contributed by atoms with Crippen LogP contribution in [-0.4, -0.2) is 15.4 Å². The van der Waals surface area contributed by atoms with E-state index in [-0.39, 0.29) is 0 Å². The molecule has 2 aromatic carbocycles. The largest absolute Gasteiger partial charge is 0.381 e. The summed E-state index contributed by atoms with van der Waals surface area (Å²) in [4.78, 5) is 5.25. The van der Waals surface area contributed by atoms with Gasteiger partial charge in [0, 0.05) is 50.8 Å². The molecule has 0 aliphatic heterocycles. The fourth-order valence-electron chi connectivity index (χ4n) is 2.32. The second-order valence-electron chi connectivity index (χ2n) is 4.97. The van der Waals surface area contributed by atoms with Gasteiger partial charge >= 0.3 is 0 Å². The molecule has 112 valence electrons. The van der Waals surface area contributed by atoms with Gasteiger partial charge in [-0.1, -0.05) is 17.7 Å². The lowest BCUT2D eigenvalue weighted by molar-refractivity contribution is 0.687. The minimum atomic E-state index is -0.954. The minimum Gasteiger partial charge on any atom is -0.381 e. The van der Waals surface area contributed by atoms with Crippen LogP contribution in [0.4, 0.5) is 5.69 Å². The van der Waals surface area contributed by atoms with Crippen molar-refractivity contribution in [3.63, 3.8) is 0 Å². The molecule has 1 N–H and O–H groups in total. The maximum atomic E-state index is 11.4. The Hall–Kier alpha value is -1.91. The molecule has 0 saturated heterocycles. The molecule has 0 bridgehead atoms. The van der Waals surface area contributed by atoms with Gasteiger partial charge in [0.15, 0.2) is 0 Å². The first-order valence-electron chi connectivity index (χ1n) is 6.84. The quantitative estimate of drug-likeness (QED) is 0.778. The molecule has 0 unspecified atom stereocenters. The molecule has 0 fully saturated rings. The number of anilines is 1. The molecule has 1 aromatic heterocycles. The Morgan fingerprint density at radius 3 is 2.68 bits per heavy atom. The zero-order chi connectivity index (χ0) is 15.5. The van der Waals surface area contributed by atoms with Crippen LogP contribution in [0.15, 0.2) is 59.6 Å². The van der Waals surface area contributed by atoms with Crippen molar-refractivity contribution in [1.29, 1.82) is 0 Å². The molecular weight excluding hydrogens is 316 g/mol. The lowest BCUT2D eigenvalue weighted by Crippen LogP contribution is -2.01. The summed E-state index contributed by atoms with van der Waals surface area (Å²) in [7, 11) is -0.954. The number of pyridine rings is 1. The Morgan fingerprint density at radius 2 is 1.95 bits per heavy atom. The van der Waals surface area contributed by atoms with E-state index in [2.05, 4.69) is 10.3 Å². The highest BCUT2D eigenvalue weighted by molar-refractivity contribution is 7.84. The molecule has 0 saturated carbocycles. The number of hydrogen-bond donors (Lipinski definition) is 1. The van der Waals surface area contributed by atoms with Crippen molar-refractivity contribution in [2.75, 3.05) is 11.6 Å². The molecule has 3 aromatic rings. The normalized spacial score (nSPS) is 12.3. The topological polar surface area (TPSA) is 42.0 Å². The number of rotatable bonds is 4. The third kappa shape index (κ3) is 3.29. The molecule has 3 nitrogen and oxygen atoms in total. The summed E-state index contributed by atoms with van der Waals surface area (Å²) in [5.41, 5.74) is 2.97. The van der Waals surface area contributed by atoms with Crippen LogP contribution < -0.4 is 5.32 Å². The van der Waals surface area contributed by atoms with Crippen LogP contribution in [0, 0.1) is 0 Å². The van der Waals surface area contributed by atoms with E-state index < -0.39 is 10.8 Å². The van der Waals surface area contributed by atoms with E-state index in [4.69, 9.17) is 11.6 Å². The van der Waals surface area contributed by atoms with Crippen LogP contribution in [0.5, 0.6) is 0 Å². The summed E-state index contributed by atoms with van der Waals surface area (Å²) in [5.74, 6) is 0. The molecule has 0 aliphatic rings. The average Bonchev–Trinajstić information content (AvgIpc) is 2.52. The van der Waals surface area contributed by atoms with Gasteiger partial charge in [0.25, 0.3) is 0 Å². The van der Waals surface area contributed by atoms with Crippen LogP contribution in [0.2, 0.25) is 5.02 Å². The number of benzene rings is 2. The predicted molar refractivity (Wildman–Crippen MR) is 92.9 cm³/mol. The van der Waals surface area contributed by atoms with E-state index in [1.165, 1.54) is 0 Å². The van der Waals surface area contributed by atoms with Gasteiger partial charge < -0.3 is 5.32 Å². The number of nitrogens with one attached hydrogen (secondary N) is 1. The molecule has 22 heavy (non-hydrogen) atoms. The van der Waals surface area contributed by atoms with E-state index in [1.807, 2.05) is 48.5 Å². The van der Waals surface area contributed by atoms with Gasteiger partial charge in [-0.25, -0.2) is 0 Å².